The van der Waals surface area contributed by atoms with Gasteiger partial charge in [-0.25, -0.2) is 4.98 Å². The second-order valence-electron chi connectivity index (χ2n) is 6.94. The third-order valence-corrected chi connectivity index (χ3v) is 5.50. The van der Waals surface area contributed by atoms with Crippen LogP contribution in [0.4, 0.5) is 0 Å². The van der Waals surface area contributed by atoms with Gasteiger partial charge in [0.05, 0.1) is 39.5 Å². The summed E-state index contributed by atoms with van der Waals surface area (Å²) in [5, 5.41) is 4.42. The van der Waals surface area contributed by atoms with Crippen LogP contribution in [-0.2, 0) is 0 Å². The number of aromatic nitrogens is 5. The molecule has 0 spiro atoms. The monoisotopic (exact) mass is 367 g/mol. The highest BCUT2D eigenvalue weighted by atomic mass is 35.5. The molecule has 0 atom stereocenters. The van der Waals surface area contributed by atoms with E-state index < -0.39 is 0 Å². The zero-order valence-electron chi connectivity index (χ0n) is 14.4. The van der Waals surface area contributed by atoms with Crippen LogP contribution in [0.5, 0.6) is 0 Å². The zero-order valence-corrected chi connectivity index (χ0v) is 15.2. The number of aryl methyl sites for hydroxylation is 1. The van der Waals surface area contributed by atoms with E-state index in [-0.39, 0.29) is 0 Å². The Morgan fingerprint density at radius 1 is 1.12 bits per heavy atom. The Morgan fingerprint density at radius 3 is 2.69 bits per heavy atom. The van der Waals surface area contributed by atoms with E-state index >= 15 is 0 Å². The Bertz CT molecular complexity index is 1110. The van der Waals surface area contributed by atoms with Gasteiger partial charge in [-0.3, -0.25) is 9.38 Å². The number of nitrogens with zero attached hydrogens (tertiary/aromatic N) is 5. The number of fused-ring (bicyclic) bond motifs is 3. The van der Waals surface area contributed by atoms with Crippen LogP contribution in [0.15, 0.2) is 29.0 Å². The summed E-state index contributed by atoms with van der Waals surface area (Å²) in [7, 11) is 0. The molecular weight excluding hydrogens is 350 g/mol. The third-order valence-electron chi connectivity index (χ3n) is 5.19. The number of imidazole rings is 1. The molecule has 3 heterocycles. The first-order valence-corrected chi connectivity index (χ1v) is 9.35. The highest BCUT2D eigenvalue weighted by Crippen LogP contribution is 2.35. The molecule has 0 saturated heterocycles. The summed E-state index contributed by atoms with van der Waals surface area (Å²) in [5.74, 6) is 2.60. The second-order valence-corrected chi connectivity index (χ2v) is 7.34. The molecule has 132 valence electrons. The molecular formula is C19H18ClN5O. The van der Waals surface area contributed by atoms with Crippen LogP contribution in [0, 0.1) is 6.92 Å². The van der Waals surface area contributed by atoms with Crippen molar-refractivity contribution in [1.29, 1.82) is 0 Å². The largest absolute Gasteiger partial charge is 0.334 e. The molecule has 1 aromatic carbocycles. The van der Waals surface area contributed by atoms with Crippen molar-refractivity contribution >= 4 is 28.2 Å². The van der Waals surface area contributed by atoms with Gasteiger partial charge in [0.25, 0.3) is 5.89 Å². The topological polar surface area (TPSA) is 69.1 Å². The van der Waals surface area contributed by atoms with Crippen molar-refractivity contribution in [2.45, 2.75) is 44.9 Å². The first kappa shape index (κ1) is 15.8. The molecule has 1 aliphatic rings. The highest BCUT2D eigenvalue weighted by Gasteiger charge is 2.22. The van der Waals surface area contributed by atoms with E-state index in [0.29, 0.717) is 28.2 Å². The number of hydrogen-bond donors (Lipinski definition) is 0. The van der Waals surface area contributed by atoms with Gasteiger partial charge in [0, 0.05) is 5.92 Å². The third kappa shape index (κ3) is 2.48. The molecule has 26 heavy (non-hydrogen) atoms. The summed E-state index contributed by atoms with van der Waals surface area (Å²) in [4.78, 5) is 13.6. The molecule has 1 saturated carbocycles. The van der Waals surface area contributed by atoms with Gasteiger partial charge in [0.2, 0.25) is 0 Å². The van der Waals surface area contributed by atoms with Crippen molar-refractivity contribution < 1.29 is 4.52 Å². The lowest BCUT2D eigenvalue weighted by molar-refractivity contribution is 0.425. The van der Waals surface area contributed by atoms with Gasteiger partial charge in [-0.2, -0.15) is 4.98 Å². The predicted octanol–water partition coefficient (Wildman–Crippen LogP) is 4.94. The molecule has 7 heteroatoms. The minimum absolute atomic E-state index is 0.412. The average Bonchev–Trinajstić information content (AvgIpc) is 3.28. The predicted molar refractivity (Wildman–Crippen MR) is 99.4 cm³/mol. The molecule has 0 amide bonds. The summed E-state index contributed by atoms with van der Waals surface area (Å²) < 4.78 is 7.48. The number of benzene rings is 1. The highest BCUT2D eigenvalue weighted by molar-refractivity contribution is 6.34. The van der Waals surface area contributed by atoms with E-state index in [9.17, 15) is 0 Å². The van der Waals surface area contributed by atoms with Crippen molar-refractivity contribution in [3.63, 3.8) is 0 Å². The fourth-order valence-corrected chi connectivity index (χ4v) is 4.16. The van der Waals surface area contributed by atoms with Crippen molar-refractivity contribution in [2.75, 3.05) is 0 Å². The maximum absolute atomic E-state index is 6.56. The van der Waals surface area contributed by atoms with E-state index in [1.165, 1.54) is 32.1 Å². The van der Waals surface area contributed by atoms with E-state index in [0.717, 1.165) is 22.4 Å². The fourth-order valence-electron chi connectivity index (χ4n) is 3.92. The van der Waals surface area contributed by atoms with Gasteiger partial charge < -0.3 is 4.52 Å². The average molecular weight is 368 g/mol. The molecule has 1 aliphatic carbocycles. The van der Waals surface area contributed by atoms with Crippen LogP contribution >= 0.6 is 11.6 Å². The molecule has 0 unspecified atom stereocenters. The summed E-state index contributed by atoms with van der Waals surface area (Å²) in [6, 6.07) is 3.84. The minimum Gasteiger partial charge on any atom is -0.334 e. The zero-order chi connectivity index (χ0) is 17.7. The number of rotatable bonds is 2. The van der Waals surface area contributed by atoms with Crippen LogP contribution in [0.25, 0.3) is 28.0 Å². The normalized spacial score (nSPS) is 15.9. The van der Waals surface area contributed by atoms with Crippen molar-refractivity contribution in [3.05, 3.63) is 41.2 Å². The quantitative estimate of drug-likeness (QED) is 0.501. The summed E-state index contributed by atoms with van der Waals surface area (Å²) >= 11 is 6.56. The van der Waals surface area contributed by atoms with E-state index in [1.807, 2.05) is 24.5 Å². The second kappa shape index (κ2) is 6.06. The molecule has 3 aromatic heterocycles. The van der Waals surface area contributed by atoms with Gasteiger partial charge in [-0.1, -0.05) is 36.0 Å². The van der Waals surface area contributed by atoms with E-state index in [4.69, 9.17) is 21.1 Å². The van der Waals surface area contributed by atoms with Crippen LogP contribution < -0.4 is 0 Å². The van der Waals surface area contributed by atoms with Gasteiger partial charge in [-0.05, 0) is 31.9 Å². The van der Waals surface area contributed by atoms with Crippen LogP contribution in [0.3, 0.4) is 0 Å². The fraction of sp³-hybridized carbons (Fsp3) is 0.368. The summed E-state index contributed by atoms with van der Waals surface area (Å²) in [6.45, 7) is 1.78. The van der Waals surface area contributed by atoms with Crippen LogP contribution in [0.2, 0.25) is 5.02 Å². The van der Waals surface area contributed by atoms with Crippen molar-refractivity contribution in [3.8, 4) is 11.5 Å². The first-order chi connectivity index (χ1) is 12.7. The number of hydrogen-bond acceptors (Lipinski definition) is 5. The molecule has 6 nitrogen and oxygen atoms in total. The Labute approximate surface area is 155 Å². The maximum Gasteiger partial charge on any atom is 0.259 e. The number of halogens is 1. The lowest BCUT2D eigenvalue weighted by Gasteiger charge is -2.21. The Morgan fingerprint density at radius 2 is 1.92 bits per heavy atom. The molecule has 5 rings (SSSR count). The summed E-state index contributed by atoms with van der Waals surface area (Å²) in [5.41, 5.74) is 3.50. The lowest BCUT2D eigenvalue weighted by Crippen LogP contribution is -2.09. The van der Waals surface area contributed by atoms with Gasteiger partial charge in [0.1, 0.15) is 5.82 Å². The standard InChI is InChI=1S/C19H18ClN5O/c1-11-23-19(26-24-11)14-7-16-17(8-15(14)20)25-13(9-21-16)10-22-18(25)12-5-3-2-4-6-12/h7-10,12H,2-6H2,1H3. The van der Waals surface area contributed by atoms with Crippen LogP contribution in [0.1, 0.15) is 49.7 Å². The van der Waals surface area contributed by atoms with Crippen molar-refractivity contribution in [1.82, 2.24) is 24.5 Å². The van der Waals surface area contributed by atoms with Crippen molar-refractivity contribution in [2.24, 2.45) is 0 Å². The Hall–Kier alpha value is -2.47. The maximum atomic E-state index is 6.56. The molecule has 1 fully saturated rings. The van der Waals surface area contributed by atoms with Gasteiger partial charge in [-0.15, -0.1) is 0 Å². The molecule has 0 aliphatic heterocycles. The Balaban J connectivity index is 1.72. The van der Waals surface area contributed by atoms with Gasteiger partial charge in [0.15, 0.2) is 5.82 Å². The first-order valence-electron chi connectivity index (χ1n) is 8.97. The molecule has 4 aromatic rings. The molecule has 0 bridgehead atoms. The van der Waals surface area contributed by atoms with E-state index in [2.05, 4.69) is 19.5 Å². The lowest BCUT2D eigenvalue weighted by atomic mass is 9.89. The SMILES string of the molecule is Cc1noc(-c2cc3ncc4cnc(C5CCCCC5)n4c3cc2Cl)n1. The van der Waals surface area contributed by atoms with E-state index in [1.54, 1.807) is 6.92 Å². The van der Waals surface area contributed by atoms with Gasteiger partial charge >= 0.3 is 0 Å². The Kier molecular flexibility index (Phi) is 3.67. The minimum atomic E-state index is 0.412. The smallest absolute Gasteiger partial charge is 0.259 e. The van der Waals surface area contributed by atoms with Crippen LogP contribution in [-0.4, -0.2) is 24.5 Å². The molecule has 0 N–H and O–H groups in total. The summed E-state index contributed by atoms with van der Waals surface area (Å²) in [6.07, 6.45) is 10.00. The molecule has 0 radical (unpaired) electrons.